The first-order chi connectivity index (χ1) is 25.4. The van der Waals surface area contributed by atoms with E-state index in [0.717, 1.165) is 23.7 Å². The molecule has 1 aliphatic heterocycles. The van der Waals surface area contributed by atoms with Gasteiger partial charge in [0.15, 0.2) is 5.79 Å². The molecule has 306 valence electrons. The smallest absolute Gasteiger partial charge is 0.169 e. The van der Waals surface area contributed by atoms with Gasteiger partial charge in [0.25, 0.3) is 0 Å². The fraction of sp³-hybridized carbons (Fsp3) is 0.918. The molecular formula is C49H94NO2+. The van der Waals surface area contributed by atoms with Crippen LogP contribution in [0.3, 0.4) is 0 Å². The minimum Gasteiger partial charge on any atom is -0.344 e. The molecule has 2 fully saturated rings. The van der Waals surface area contributed by atoms with Gasteiger partial charge in [-0.2, -0.15) is 0 Å². The molecule has 0 aromatic heterocycles. The lowest BCUT2D eigenvalue weighted by atomic mass is 9.98. The van der Waals surface area contributed by atoms with E-state index in [1.165, 1.54) is 212 Å². The van der Waals surface area contributed by atoms with Crippen molar-refractivity contribution < 1.29 is 14.0 Å². The molecule has 2 rings (SSSR count). The van der Waals surface area contributed by atoms with Gasteiger partial charge in [0.2, 0.25) is 0 Å². The quantitative estimate of drug-likeness (QED) is 0.0360. The minimum atomic E-state index is -0.297. The van der Waals surface area contributed by atoms with E-state index in [9.17, 15) is 0 Å². The Morgan fingerprint density at radius 2 is 0.731 bits per heavy atom. The Bertz CT molecular complexity index is 829. The predicted octanol–water partition coefficient (Wildman–Crippen LogP) is 15.8. The number of unbranched alkanes of at least 4 members (excludes halogenated alkanes) is 28. The number of nitrogens with zero attached hydrogens (tertiary/aromatic N) is 1. The molecule has 0 aromatic carbocycles. The summed E-state index contributed by atoms with van der Waals surface area (Å²) >= 11 is 0. The third-order valence-corrected chi connectivity index (χ3v) is 12.4. The van der Waals surface area contributed by atoms with Crippen LogP contribution in [0.5, 0.6) is 0 Å². The second-order valence-electron chi connectivity index (χ2n) is 18.3. The van der Waals surface area contributed by atoms with E-state index in [1.807, 2.05) is 0 Å². The predicted molar refractivity (Wildman–Crippen MR) is 230 cm³/mol. The Morgan fingerprint density at radius 1 is 0.423 bits per heavy atom. The zero-order chi connectivity index (χ0) is 37.4. The van der Waals surface area contributed by atoms with Gasteiger partial charge in [-0.05, 0) is 44.9 Å². The molecule has 0 spiro atoms. The van der Waals surface area contributed by atoms with Crippen LogP contribution in [0.15, 0.2) is 24.3 Å². The van der Waals surface area contributed by atoms with Gasteiger partial charge in [0.05, 0.1) is 39.4 Å². The maximum absolute atomic E-state index is 6.92. The van der Waals surface area contributed by atoms with Crippen molar-refractivity contribution in [2.45, 2.75) is 269 Å². The van der Waals surface area contributed by atoms with Crippen molar-refractivity contribution >= 4 is 0 Å². The maximum Gasteiger partial charge on any atom is 0.169 e. The molecule has 3 heteroatoms. The summed E-state index contributed by atoms with van der Waals surface area (Å²) in [6, 6.07) is 0.662. The molecule has 1 heterocycles. The minimum absolute atomic E-state index is 0.297. The Labute approximate surface area is 327 Å². The fourth-order valence-electron chi connectivity index (χ4n) is 8.79. The summed E-state index contributed by atoms with van der Waals surface area (Å²) in [6.07, 6.45) is 58.9. The lowest BCUT2D eigenvalue weighted by Crippen LogP contribution is -2.45. The zero-order valence-electron chi connectivity index (χ0n) is 36.3. The first kappa shape index (κ1) is 47.5. The summed E-state index contributed by atoms with van der Waals surface area (Å²) in [5.74, 6) is -0.297. The van der Waals surface area contributed by atoms with Gasteiger partial charge in [-0.25, -0.2) is 0 Å². The van der Waals surface area contributed by atoms with Crippen molar-refractivity contribution in [3.63, 3.8) is 0 Å². The number of quaternary nitrogens is 1. The maximum atomic E-state index is 6.92. The van der Waals surface area contributed by atoms with Crippen LogP contribution in [0.4, 0.5) is 0 Å². The number of ether oxygens (including phenoxy) is 2. The Morgan fingerprint density at radius 3 is 1.06 bits per heavy atom. The average Bonchev–Trinajstić information content (AvgIpc) is 3.68. The largest absolute Gasteiger partial charge is 0.344 e. The number of rotatable bonds is 37. The van der Waals surface area contributed by atoms with Crippen molar-refractivity contribution in [1.82, 2.24) is 0 Å². The third-order valence-electron chi connectivity index (χ3n) is 12.4. The lowest BCUT2D eigenvalue weighted by Gasteiger charge is -2.34. The van der Waals surface area contributed by atoms with E-state index in [-0.39, 0.29) is 5.79 Å². The molecule has 0 N–H and O–H groups in total. The second-order valence-corrected chi connectivity index (χ2v) is 18.3. The van der Waals surface area contributed by atoms with Crippen molar-refractivity contribution in [2.24, 2.45) is 0 Å². The number of allylic oxidation sites excluding steroid dienone is 4. The number of hydrogen-bond donors (Lipinski definition) is 0. The normalized spacial score (nSPS) is 22.1. The summed E-state index contributed by atoms with van der Waals surface area (Å²) in [4.78, 5) is 0. The molecule has 0 amide bonds. The van der Waals surface area contributed by atoms with E-state index >= 15 is 0 Å². The van der Waals surface area contributed by atoms with Gasteiger partial charge in [-0.15, -0.1) is 0 Å². The molecule has 0 aromatic rings. The highest BCUT2D eigenvalue weighted by atomic mass is 16.8. The Kier molecular flexibility index (Phi) is 28.8. The molecule has 2 aliphatic rings. The van der Waals surface area contributed by atoms with Crippen molar-refractivity contribution in [3.05, 3.63) is 24.3 Å². The molecule has 52 heavy (non-hydrogen) atoms. The van der Waals surface area contributed by atoms with E-state index in [1.54, 1.807) is 0 Å². The van der Waals surface area contributed by atoms with Crippen LogP contribution in [0, 0.1) is 0 Å². The summed E-state index contributed by atoms with van der Waals surface area (Å²) in [5.41, 5.74) is 0. The highest BCUT2D eigenvalue weighted by molar-refractivity contribution is 4.95. The number of fused-ring (bicyclic) bond motifs is 1. The molecule has 1 saturated heterocycles. The van der Waals surface area contributed by atoms with E-state index in [2.05, 4.69) is 59.3 Å². The average molecular weight is 729 g/mol. The summed E-state index contributed by atoms with van der Waals surface area (Å²) in [6.45, 7) is 4.60. The van der Waals surface area contributed by atoms with Crippen LogP contribution in [0.2, 0.25) is 0 Å². The molecule has 0 bridgehead atoms. The van der Waals surface area contributed by atoms with E-state index in [0.29, 0.717) is 18.2 Å². The second kappa shape index (κ2) is 31.6. The Hall–Kier alpha value is -0.640. The SMILES string of the molecule is CCCCCCC/C=C\C/C=C\CCCCCCCCC1(CCCCCCCCCCCCCCCCCCCC)OC2CC([N+](C)(C)C)C[C@@H]2O1. The zero-order valence-corrected chi connectivity index (χ0v) is 36.3. The van der Waals surface area contributed by atoms with Crippen LogP contribution < -0.4 is 0 Å². The van der Waals surface area contributed by atoms with Crippen LogP contribution >= 0.6 is 0 Å². The summed E-state index contributed by atoms with van der Waals surface area (Å²) in [5, 5.41) is 0. The topological polar surface area (TPSA) is 18.5 Å². The van der Waals surface area contributed by atoms with Gasteiger partial charge >= 0.3 is 0 Å². The third kappa shape index (κ3) is 24.0. The van der Waals surface area contributed by atoms with Gasteiger partial charge < -0.3 is 14.0 Å². The van der Waals surface area contributed by atoms with Gasteiger partial charge in [0, 0.05) is 25.7 Å². The van der Waals surface area contributed by atoms with E-state index in [4.69, 9.17) is 9.47 Å². The molecule has 3 nitrogen and oxygen atoms in total. The number of hydrogen-bond acceptors (Lipinski definition) is 2. The first-order valence-corrected chi connectivity index (χ1v) is 23.9. The molecule has 4 atom stereocenters. The molecule has 1 aliphatic carbocycles. The molecule has 1 saturated carbocycles. The van der Waals surface area contributed by atoms with Gasteiger partial charge in [-0.1, -0.05) is 199 Å². The summed E-state index contributed by atoms with van der Waals surface area (Å²) in [7, 11) is 7.01. The van der Waals surface area contributed by atoms with Crippen LogP contribution in [0.25, 0.3) is 0 Å². The first-order valence-electron chi connectivity index (χ1n) is 23.9. The molecular weight excluding hydrogens is 635 g/mol. The van der Waals surface area contributed by atoms with Gasteiger partial charge in [-0.3, -0.25) is 0 Å². The van der Waals surface area contributed by atoms with Crippen molar-refractivity contribution in [2.75, 3.05) is 21.1 Å². The fourth-order valence-corrected chi connectivity index (χ4v) is 8.79. The van der Waals surface area contributed by atoms with Gasteiger partial charge in [0.1, 0.15) is 0 Å². The highest BCUT2D eigenvalue weighted by Crippen LogP contribution is 2.45. The molecule has 0 radical (unpaired) electrons. The highest BCUT2D eigenvalue weighted by Gasteiger charge is 2.53. The monoisotopic (exact) mass is 729 g/mol. The van der Waals surface area contributed by atoms with Crippen LogP contribution in [-0.4, -0.2) is 49.7 Å². The lowest BCUT2D eigenvalue weighted by molar-refractivity contribution is -0.895. The standard InChI is InChI=1S/C49H94NO2/c1-6-8-10-12-14-16-18-20-22-24-26-28-30-32-34-36-38-40-42-49(51-47-44-46(50(3,4)5)45-48(47)52-49)43-41-39-37-35-33-31-29-27-25-23-21-19-17-15-13-11-9-7-2/h18,20,24,26,46-48H,6-17,19,21-23,25,27-45H2,1-5H3/q+1/b20-18-,26-24-/t46?,47-,48?,49?/m0/s1. The van der Waals surface area contributed by atoms with Crippen LogP contribution in [-0.2, 0) is 9.47 Å². The molecule has 3 unspecified atom stereocenters. The van der Waals surface area contributed by atoms with Crippen molar-refractivity contribution in [1.29, 1.82) is 0 Å². The Balaban J connectivity index is 1.51. The van der Waals surface area contributed by atoms with Crippen molar-refractivity contribution in [3.8, 4) is 0 Å². The van der Waals surface area contributed by atoms with Crippen LogP contribution in [0.1, 0.15) is 245 Å². The summed E-state index contributed by atoms with van der Waals surface area (Å²) < 4.78 is 14.9. The van der Waals surface area contributed by atoms with E-state index < -0.39 is 0 Å².